The van der Waals surface area contributed by atoms with Gasteiger partial charge in [0.2, 0.25) is 0 Å². The lowest BCUT2D eigenvalue weighted by atomic mass is 9.99. The third-order valence-corrected chi connectivity index (χ3v) is 2.04. The summed E-state index contributed by atoms with van der Waals surface area (Å²) in [5.74, 6) is 2.23. The van der Waals surface area contributed by atoms with Crippen LogP contribution < -0.4 is 5.73 Å². The second-order valence-corrected chi connectivity index (χ2v) is 2.81. The zero-order valence-corrected chi connectivity index (χ0v) is 7.05. The Morgan fingerprint density at radius 1 is 1.85 bits per heavy atom. The number of hydrogen-bond donors (Lipinski definition) is 3. The minimum Gasteiger partial charge on any atom is -0.392 e. The fraction of sp³-hybridized carbons (Fsp3) is 0.625. The van der Waals surface area contributed by atoms with Crippen molar-refractivity contribution in [3.8, 4) is 12.3 Å². The van der Waals surface area contributed by atoms with Crippen LogP contribution in [-0.4, -0.2) is 41.1 Å². The van der Waals surface area contributed by atoms with E-state index in [-0.39, 0.29) is 6.42 Å². The lowest BCUT2D eigenvalue weighted by Gasteiger charge is -2.22. The third kappa shape index (κ3) is 1.65. The van der Waals surface area contributed by atoms with Crippen LogP contribution in [0.15, 0.2) is 4.99 Å². The summed E-state index contributed by atoms with van der Waals surface area (Å²) in [5, 5.41) is 18.5. The smallest absolute Gasteiger partial charge is 0.179 e. The Labute approximate surface area is 76.2 Å². The Morgan fingerprint density at radius 2 is 2.54 bits per heavy atom. The van der Waals surface area contributed by atoms with Gasteiger partial charge in [-0.15, -0.1) is 6.42 Å². The normalized spacial score (nSPS) is 39.5. The van der Waals surface area contributed by atoms with Gasteiger partial charge in [-0.2, -0.15) is 0 Å². The first kappa shape index (κ1) is 9.99. The molecule has 5 heteroatoms. The highest BCUT2D eigenvalue weighted by atomic mass is 16.6. The van der Waals surface area contributed by atoms with Crippen LogP contribution in [0.3, 0.4) is 0 Å². The number of rotatable bonds is 2. The number of ether oxygens (including phenoxy) is 1. The fourth-order valence-corrected chi connectivity index (χ4v) is 1.26. The highest BCUT2D eigenvalue weighted by Gasteiger charge is 2.46. The lowest BCUT2D eigenvalue weighted by molar-refractivity contribution is -0.0689. The van der Waals surface area contributed by atoms with Gasteiger partial charge in [0.1, 0.15) is 6.10 Å². The zero-order valence-electron chi connectivity index (χ0n) is 7.05. The van der Waals surface area contributed by atoms with E-state index in [1.54, 1.807) is 0 Å². The van der Waals surface area contributed by atoms with Crippen LogP contribution in [0.1, 0.15) is 6.42 Å². The molecule has 5 nitrogen and oxygen atoms in total. The quantitative estimate of drug-likeness (QED) is 0.275. The van der Waals surface area contributed by atoms with Gasteiger partial charge in [0.25, 0.3) is 0 Å². The molecule has 1 rings (SSSR count). The summed E-state index contributed by atoms with van der Waals surface area (Å²) >= 11 is 0. The van der Waals surface area contributed by atoms with Crippen LogP contribution in [-0.2, 0) is 4.74 Å². The molecule has 0 amide bonds. The van der Waals surface area contributed by atoms with E-state index in [2.05, 4.69) is 10.9 Å². The van der Waals surface area contributed by atoms with Gasteiger partial charge in [-0.25, -0.2) is 4.99 Å². The van der Waals surface area contributed by atoms with Gasteiger partial charge in [0.05, 0.1) is 12.9 Å². The molecule has 13 heavy (non-hydrogen) atoms. The third-order valence-electron chi connectivity index (χ3n) is 2.04. The van der Waals surface area contributed by atoms with Crippen LogP contribution >= 0.6 is 0 Å². The van der Waals surface area contributed by atoms with Crippen molar-refractivity contribution in [1.29, 1.82) is 0 Å². The maximum atomic E-state index is 9.49. The number of hydrogen-bond acceptors (Lipinski definition) is 4. The van der Waals surface area contributed by atoms with Crippen LogP contribution in [0.25, 0.3) is 0 Å². The second kappa shape index (κ2) is 3.75. The van der Waals surface area contributed by atoms with E-state index in [9.17, 15) is 5.11 Å². The Morgan fingerprint density at radius 3 is 2.92 bits per heavy atom. The summed E-state index contributed by atoms with van der Waals surface area (Å²) < 4.78 is 5.19. The Hall–Kier alpha value is -1.09. The maximum Gasteiger partial charge on any atom is 0.179 e. The van der Waals surface area contributed by atoms with Gasteiger partial charge in [0, 0.05) is 6.42 Å². The van der Waals surface area contributed by atoms with Gasteiger partial charge >= 0.3 is 0 Å². The summed E-state index contributed by atoms with van der Waals surface area (Å²) in [6.07, 6.45) is 5.01. The van der Waals surface area contributed by atoms with E-state index < -0.39 is 24.5 Å². The summed E-state index contributed by atoms with van der Waals surface area (Å²) in [7, 11) is 0. The molecule has 1 aliphatic rings. The van der Waals surface area contributed by atoms with E-state index in [4.69, 9.17) is 22.0 Å². The van der Waals surface area contributed by atoms with Crippen molar-refractivity contribution in [2.24, 2.45) is 10.7 Å². The minimum atomic E-state index is -1.32. The molecular weight excluding hydrogens is 172 g/mol. The van der Waals surface area contributed by atoms with E-state index in [1.807, 2.05) is 0 Å². The molecule has 0 radical (unpaired) electrons. The molecular formula is C8H12N2O3. The van der Waals surface area contributed by atoms with E-state index in [1.165, 1.54) is 0 Å². The van der Waals surface area contributed by atoms with Crippen LogP contribution in [0.4, 0.5) is 0 Å². The molecule has 0 aliphatic carbocycles. The topological polar surface area (TPSA) is 88.1 Å². The minimum absolute atomic E-state index is 0.248. The molecule has 3 atom stereocenters. The van der Waals surface area contributed by atoms with Crippen molar-refractivity contribution >= 4 is 6.34 Å². The van der Waals surface area contributed by atoms with Crippen molar-refractivity contribution in [1.82, 2.24) is 0 Å². The Bertz CT molecular complexity index is 248. The number of aliphatic imine (C=N–C) groups is 1. The van der Waals surface area contributed by atoms with Gasteiger partial charge in [-0.1, -0.05) is 5.92 Å². The van der Waals surface area contributed by atoms with Crippen molar-refractivity contribution in [3.63, 3.8) is 0 Å². The fourth-order valence-electron chi connectivity index (χ4n) is 1.26. The molecule has 0 aromatic rings. The Balaban J connectivity index is 2.76. The molecule has 1 saturated heterocycles. The first-order valence-electron chi connectivity index (χ1n) is 3.86. The van der Waals surface area contributed by atoms with E-state index in [0.717, 1.165) is 6.34 Å². The van der Waals surface area contributed by atoms with Gasteiger partial charge in [-0.3, -0.25) is 0 Å². The average molecular weight is 184 g/mol. The molecule has 0 spiro atoms. The first-order chi connectivity index (χ1) is 6.18. The predicted molar refractivity (Wildman–Crippen MR) is 46.8 cm³/mol. The summed E-state index contributed by atoms with van der Waals surface area (Å²) in [4.78, 5) is 3.73. The summed E-state index contributed by atoms with van der Waals surface area (Å²) in [5.41, 5.74) is 3.74. The van der Waals surface area contributed by atoms with Gasteiger partial charge in [-0.05, 0) is 0 Å². The Kier molecular flexibility index (Phi) is 2.88. The standard InChI is InChI=1S/C8H12N2O3/c1-2-8(4-11)6(12)3-7(13-8)10-5-9/h1,5-7,11-12H,3-4H2,(H2,9,10)/t6-,7+,8+/m0/s1. The largest absolute Gasteiger partial charge is 0.392 e. The van der Waals surface area contributed by atoms with Gasteiger partial charge < -0.3 is 20.7 Å². The molecule has 1 aliphatic heterocycles. The molecule has 1 heterocycles. The molecule has 0 unspecified atom stereocenters. The highest BCUT2D eigenvalue weighted by molar-refractivity contribution is 5.51. The maximum absolute atomic E-state index is 9.49. The SMILES string of the molecule is C#C[C@]1(CO)O[C@@H](N=CN)C[C@@H]1O. The highest BCUT2D eigenvalue weighted by Crippen LogP contribution is 2.30. The number of nitrogens with two attached hydrogens (primary N) is 1. The molecule has 72 valence electrons. The number of terminal acetylenes is 1. The van der Waals surface area contributed by atoms with Crippen molar-refractivity contribution in [2.75, 3.05) is 6.61 Å². The molecule has 0 aromatic heterocycles. The van der Waals surface area contributed by atoms with Crippen LogP contribution in [0.5, 0.6) is 0 Å². The van der Waals surface area contributed by atoms with Gasteiger partial charge in [0.15, 0.2) is 11.8 Å². The summed E-state index contributed by atoms with van der Waals surface area (Å²) in [6.45, 7) is -0.429. The van der Waals surface area contributed by atoms with Crippen LogP contribution in [0.2, 0.25) is 0 Å². The molecule has 0 saturated carbocycles. The molecule has 4 N–H and O–H groups in total. The second-order valence-electron chi connectivity index (χ2n) is 2.81. The van der Waals surface area contributed by atoms with E-state index in [0.29, 0.717) is 0 Å². The van der Waals surface area contributed by atoms with Crippen molar-refractivity contribution in [3.05, 3.63) is 0 Å². The van der Waals surface area contributed by atoms with Crippen molar-refractivity contribution < 1.29 is 14.9 Å². The molecule has 0 bridgehead atoms. The predicted octanol–water partition coefficient (Wildman–Crippen LogP) is -1.55. The molecule has 1 fully saturated rings. The first-order valence-corrected chi connectivity index (χ1v) is 3.86. The number of aliphatic hydroxyl groups is 2. The average Bonchev–Trinajstić information content (AvgIpc) is 2.44. The number of nitrogens with zero attached hydrogens (tertiary/aromatic N) is 1. The van der Waals surface area contributed by atoms with E-state index >= 15 is 0 Å². The van der Waals surface area contributed by atoms with Crippen molar-refractivity contribution in [2.45, 2.75) is 24.4 Å². The monoisotopic (exact) mass is 184 g/mol. The zero-order chi connectivity index (χ0) is 9.90. The summed E-state index contributed by atoms with van der Waals surface area (Å²) in [6, 6.07) is 0. The number of aliphatic hydroxyl groups excluding tert-OH is 2. The lowest BCUT2D eigenvalue weighted by Crippen LogP contribution is -2.41. The van der Waals surface area contributed by atoms with Crippen LogP contribution in [0, 0.1) is 12.3 Å². The molecule has 0 aromatic carbocycles.